The number of nitrogens with zero attached hydrogens (tertiary/aromatic N) is 1. The molecular weight excluding hydrogens is 216 g/mol. The minimum absolute atomic E-state index is 0.362. The van der Waals surface area contributed by atoms with Crippen molar-refractivity contribution in [1.82, 2.24) is 10.2 Å². The van der Waals surface area contributed by atoms with Gasteiger partial charge in [-0.05, 0) is 37.1 Å². The molecule has 0 saturated carbocycles. The van der Waals surface area contributed by atoms with Crippen LogP contribution in [0.5, 0.6) is 0 Å². The highest BCUT2D eigenvalue weighted by molar-refractivity contribution is 5.88. The van der Waals surface area contributed by atoms with E-state index in [0.717, 1.165) is 11.3 Å². The first-order valence-electron chi connectivity index (χ1n) is 5.33. The summed E-state index contributed by atoms with van der Waals surface area (Å²) in [5.74, 6) is -0.410. The van der Waals surface area contributed by atoms with Gasteiger partial charge in [0.15, 0.2) is 0 Å². The van der Waals surface area contributed by atoms with Crippen molar-refractivity contribution in [2.75, 3.05) is 7.11 Å². The van der Waals surface area contributed by atoms with Crippen molar-refractivity contribution < 1.29 is 9.53 Å². The molecule has 2 aromatic rings. The molecule has 1 aromatic carbocycles. The number of ether oxygens (including phenoxy) is 1. The number of aryl methyl sites for hydroxylation is 2. The Morgan fingerprint density at radius 1 is 1.24 bits per heavy atom. The summed E-state index contributed by atoms with van der Waals surface area (Å²) in [6, 6.07) is 7.76. The van der Waals surface area contributed by atoms with Crippen LogP contribution in [0, 0.1) is 13.8 Å². The molecule has 0 atom stereocenters. The lowest BCUT2D eigenvalue weighted by molar-refractivity contribution is 0.0594. The molecule has 0 unspecified atom stereocenters. The monoisotopic (exact) mass is 230 g/mol. The van der Waals surface area contributed by atoms with E-state index in [9.17, 15) is 4.79 Å². The number of H-pyrrole nitrogens is 1. The molecule has 0 aliphatic heterocycles. The van der Waals surface area contributed by atoms with Crippen LogP contribution in [0.15, 0.2) is 24.3 Å². The zero-order chi connectivity index (χ0) is 12.4. The third kappa shape index (κ3) is 2.20. The first-order chi connectivity index (χ1) is 8.11. The maximum absolute atomic E-state index is 11.3. The van der Waals surface area contributed by atoms with Crippen LogP contribution < -0.4 is 0 Å². The third-order valence-corrected chi connectivity index (χ3v) is 2.79. The summed E-state index contributed by atoms with van der Waals surface area (Å²) in [6.45, 7) is 4.11. The van der Waals surface area contributed by atoms with Crippen molar-refractivity contribution in [2.45, 2.75) is 13.8 Å². The number of esters is 1. The summed E-state index contributed by atoms with van der Waals surface area (Å²) < 4.78 is 4.62. The molecule has 0 fully saturated rings. The van der Waals surface area contributed by atoms with Gasteiger partial charge in [-0.15, -0.1) is 0 Å². The minimum Gasteiger partial charge on any atom is -0.464 e. The number of aromatic amines is 1. The highest BCUT2D eigenvalue weighted by Crippen LogP contribution is 2.20. The first-order valence-corrected chi connectivity index (χ1v) is 5.33. The van der Waals surface area contributed by atoms with Crippen LogP contribution in [0.3, 0.4) is 0 Å². The van der Waals surface area contributed by atoms with Crippen LogP contribution in [-0.2, 0) is 4.74 Å². The molecule has 0 bridgehead atoms. The Labute approximate surface area is 99.6 Å². The summed E-state index contributed by atoms with van der Waals surface area (Å²) in [5, 5.41) is 6.76. The van der Waals surface area contributed by atoms with Crippen molar-refractivity contribution >= 4 is 5.97 Å². The summed E-state index contributed by atoms with van der Waals surface area (Å²) in [6.07, 6.45) is 0. The lowest BCUT2D eigenvalue weighted by Gasteiger charge is -2.01. The molecule has 88 valence electrons. The Balaban J connectivity index is 2.37. The molecule has 2 rings (SSSR count). The molecule has 1 heterocycles. The van der Waals surface area contributed by atoms with Crippen molar-refractivity contribution in [3.8, 4) is 11.3 Å². The number of hydrogen-bond acceptors (Lipinski definition) is 3. The van der Waals surface area contributed by atoms with Crippen molar-refractivity contribution in [1.29, 1.82) is 0 Å². The van der Waals surface area contributed by atoms with Gasteiger partial charge in [0.25, 0.3) is 0 Å². The van der Waals surface area contributed by atoms with Crippen molar-refractivity contribution in [3.63, 3.8) is 0 Å². The number of hydrogen-bond donors (Lipinski definition) is 1. The van der Waals surface area contributed by atoms with E-state index in [2.05, 4.69) is 21.9 Å². The Kier molecular flexibility index (Phi) is 2.95. The van der Waals surface area contributed by atoms with Crippen LogP contribution in [0.1, 0.15) is 21.6 Å². The van der Waals surface area contributed by atoms with Crippen molar-refractivity contribution in [3.05, 3.63) is 41.1 Å². The van der Waals surface area contributed by atoms with E-state index in [1.165, 1.54) is 18.2 Å². The quantitative estimate of drug-likeness (QED) is 0.806. The van der Waals surface area contributed by atoms with E-state index in [0.29, 0.717) is 5.69 Å². The van der Waals surface area contributed by atoms with Gasteiger partial charge in [-0.1, -0.05) is 12.1 Å². The predicted molar refractivity (Wildman–Crippen MR) is 64.8 cm³/mol. The maximum atomic E-state index is 11.3. The van der Waals surface area contributed by atoms with Gasteiger partial charge in [0, 0.05) is 5.56 Å². The minimum atomic E-state index is -0.410. The highest BCUT2D eigenvalue weighted by atomic mass is 16.5. The van der Waals surface area contributed by atoms with Gasteiger partial charge in [-0.3, -0.25) is 5.10 Å². The molecule has 1 N–H and O–H groups in total. The highest BCUT2D eigenvalue weighted by Gasteiger charge is 2.11. The third-order valence-electron chi connectivity index (χ3n) is 2.79. The Morgan fingerprint density at radius 2 is 2.00 bits per heavy atom. The molecule has 0 aliphatic rings. The summed E-state index contributed by atoms with van der Waals surface area (Å²) in [7, 11) is 1.35. The maximum Gasteiger partial charge on any atom is 0.356 e. The van der Waals surface area contributed by atoms with E-state index in [1.54, 1.807) is 6.07 Å². The van der Waals surface area contributed by atoms with Gasteiger partial charge in [-0.25, -0.2) is 4.79 Å². The molecule has 4 nitrogen and oxygen atoms in total. The SMILES string of the molecule is COC(=O)c1cc(-c2ccc(C)c(C)c2)n[nH]1. The molecule has 0 spiro atoms. The lowest BCUT2D eigenvalue weighted by atomic mass is 10.0. The van der Waals surface area contributed by atoms with Crippen LogP contribution in [0.2, 0.25) is 0 Å². The molecule has 0 radical (unpaired) electrons. The second-order valence-corrected chi connectivity index (χ2v) is 3.96. The van der Waals surface area contributed by atoms with Gasteiger partial charge in [0.2, 0.25) is 0 Å². The number of rotatable bonds is 2. The summed E-state index contributed by atoms with van der Waals surface area (Å²) in [5.41, 5.74) is 4.52. The fraction of sp³-hybridized carbons (Fsp3) is 0.231. The molecule has 0 amide bonds. The van der Waals surface area contributed by atoms with Crippen molar-refractivity contribution in [2.24, 2.45) is 0 Å². The largest absolute Gasteiger partial charge is 0.464 e. The zero-order valence-corrected chi connectivity index (χ0v) is 10.1. The first kappa shape index (κ1) is 11.4. The van der Waals surface area contributed by atoms with E-state index in [1.807, 2.05) is 25.1 Å². The van der Waals surface area contributed by atoms with E-state index >= 15 is 0 Å². The predicted octanol–water partition coefficient (Wildman–Crippen LogP) is 2.48. The smallest absolute Gasteiger partial charge is 0.356 e. The van der Waals surface area contributed by atoms with Crippen LogP contribution >= 0.6 is 0 Å². The number of methoxy groups -OCH3 is 1. The number of carbonyl (C=O) groups excluding carboxylic acids is 1. The van der Waals surface area contributed by atoms with E-state index in [-0.39, 0.29) is 0 Å². The van der Waals surface area contributed by atoms with Gasteiger partial charge < -0.3 is 4.74 Å². The number of aromatic nitrogens is 2. The normalized spacial score (nSPS) is 10.3. The Morgan fingerprint density at radius 3 is 2.65 bits per heavy atom. The van der Waals surface area contributed by atoms with E-state index < -0.39 is 5.97 Å². The van der Waals surface area contributed by atoms with Gasteiger partial charge in [0.05, 0.1) is 12.8 Å². The van der Waals surface area contributed by atoms with Gasteiger partial charge in [0.1, 0.15) is 5.69 Å². The number of benzene rings is 1. The fourth-order valence-electron chi connectivity index (χ4n) is 1.58. The Bertz CT molecular complexity index is 558. The molecule has 0 aliphatic carbocycles. The second-order valence-electron chi connectivity index (χ2n) is 3.96. The molecule has 4 heteroatoms. The summed E-state index contributed by atoms with van der Waals surface area (Å²) >= 11 is 0. The second kappa shape index (κ2) is 4.41. The molecular formula is C13H14N2O2. The van der Waals surface area contributed by atoms with Gasteiger partial charge >= 0.3 is 5.97 Å². The number of nitrogens with one attached hydrogen (secondary N) is 1. The van der Waals surface area contributed by atoms with Gasteiger partial charge in [-0.2, -0.15) is 5.10 Å². The average molecular weight is 230 g/mol. The Hall–Kier alpha value is -2.10. The zero-order valence-electron chi connectivity index (χ0n) is 10.1. The molecule has 17 heavy (non-hydrogen) atoms. The van der Waals surface area contributed by atoms with Crippen LogP contribution in [-0.4, -0.2) is 23.3 Å². The fourth-order valence-corrected chi connectivity index (χ4v) is 1.58. The summed E-state index contributed by atoms with van der Waals surface area (Å²) in [4.78, 5) is 11.3. The standard InChI is InChI=1S/C13H14N2O2/c1-8-4-5-10(6-9(8)2)11-7-12(15-14-11)13(16)17-3/h4-7H,1-3H3,(H,14,15). The topological polar surface area (TPSA) is 55.0 Å². The van der Waals surface area contributed by atoms with E-state index in [4.69, 9.17) is 0 Å². The molecule has 0 saturated heterocycles. The van der Waals surface area contributed by atoms with Crippen LogP contribution in [0.4, 0.5) is 0 Å². The molecule has 1 aromatic heterocycles. The van der Waals surface area contributed by atoms with Crippen LogP contribution in [0.25, 0.3) is 11.3 Å². The number of carbonyl (C=O) groups is 1. The average Bonchev–Trinajstić information content (AvgIpc) is 2.81. The lowest BCUT2D eigenvalue weighted by Crippen LogP contribution is -2.00.